The lowest BCUT2D eigenvalue weighted by molar-refractivity contribution is -0.126. The molecule has 1 fully saturated rings. The number of carbonyl (C=O) groups excluding carboxylic acids is 2. The number of nitrogens with zero attached hydrogens (tertiary/aromatic N) is 2. The van der Waals surface area contributed by atoms with E-state index in [0.717, 1.165) is 50.8 Å². The van der Waals surface area contributed by atoms with E-state index in [1.807, 2.05) is 20.9 Å². The van der Waals surface area contributed by atoms with Crippen LogP contribution in [-0.4, -0.2) is 47.3 Å². The average Bonchev–Trinajstić information content (AvgIpc) is 3.17. The molecule has 0 radical (unpaired) electrons. The number of carbonyl (C=O) groups is 2. The lowest BCUT2D eigenvalue weighted by atomic mass is 9.86. The number of hydrogen-bond donors (Lipinski definition) is 2. The van der Waals surface area contributed by atoms with Crippen LogP contribution in [0, 0.1) is 11.8 Å². The Morgan fingerprint density at radius 3 is 2.46 bits per heavy atom. The van der Waals surface area contributed by atoms with Gasteiger partial charge in [-0.1, -0.05) is 57.7 Å². The quantitative estimate of drug-likeness (QED) is 0.314. The number of thioether (sulfide) groups is 1. The van der Waals surface area contributed by atoms with Gasteiger partial charge in [0.05, 0.1) is 0 Å². The zero-order valence-electron chi connectivity index (χ0n) is 17.0. The second kappa shape index (κ2) is 13.2. The number of hydrogen-bond acceptors (Lipinski definition) is 7. The summed E-state index contributed by atoms with van der Waals surface area (Å²) in [4.78, 5) is 25.8. The highest BCUT2D eigenvalue weighted by Crippen LogP contribution is 2.25. The molecule has 2 N–H and O–H groups in total. The third kappa shape index (κ3) is 7.04. The SMILES string of the molecule is CCC(CC)C(NC(=O)C1CCCCC1)C(=O)c1nnc(SCCNC)o1.Cl. The number of rotatable bonds is 11. The molecule has 1 atom stereocenters. The summed E-state index contributed by atoms with van der Waals surface area (Å²) in [6.45, 7) is 4.88. The van der Waals surface area contributed by atoms with Gasteiger partial charge in [0.15, 0.2) is 0 Å². The van der Waals surface area contributed by atoms with Crippen LogP contribution in [0.4, 0.5) is 0 Å². The summed E-state index contributed by atoms with van der Waals surface area (Å²) in [7, 11) is 1.87. The maximum atomic E-state index is 13.0. The van der Waals surface area contributed by atoms with Crippen LogP contribution in [0.2, 0.25) is 0 Å². The molecule has 9 heteroatoms. The smallest absolute Gasteiger partial charge is 0.286 e. The Bertz CT molecular complexity index is 604. The molecule has 0 aliphatic heterocycles. The highest BCUT2D eigenvalue weighted by atomic mass is 35.5. The summed E-state index contributed by atoms with van der Waals surface area (Å²) in [5.41, 5.74) is 0. The van der Waals surface area contributed by atoms with Gasteiger partial charge in [-0.05, 0) is 25.8 Å². The minimum atomic E-state index is -0.606. The molecule has 2 rings (SSSR count). The van der Waals surface area contributed by atoms with Crippen molar-refractivity contribution in [2.75, 3.05) is 19.3 Å². The highest BCUT2D eigenvalue weighted by Gasteiger charge is 2.34. The van der Waals surface area contributed by atoms with Gasteiger partial charge in [0.25, 0.3) is 11.1 Å². The van der Waals surface area contributed by atoms with E-state index in [9.17, 15) is 9.59 Å². The van der Waals surface area contributed by atoms with Crippen LogP contribution < -0.4 is 10.6 Å². The number of aromatic nitrogens is 2. The van der Waals surface area contributed by atoms with E-state index >= 15 is 0 Å². The van der Waals surface area contributed by atoms with Gasteiger partial charge in [0, 0.05) is 18.2 Å². The Hall–Kier alpha value is -1.12. The van der Waals surface area contributed by atoms with Gasteiger partial charge in [-0.25, -0.2) is 0 Å². The first-order chi connectivity index (χ1) is 13.1. The molecule has 0 saturated heterocycles. The van der Waals surface area contributed by atoms with Crippen molar-refractivity contribution in [3.63, 3.8) is 0 Å². The molecule has 1 aliphatic carbocycles. The number of ketones is 1. The van der Waals surface area contributed by atoms with Gasteiger partial charge in [-0.2, -0.15) is 0 Å². The first-order valence-electron chi connectivity index (χ1n) is 10.1. The number of amides is 1. The monoisotopic (exact) mass is 432 g/mol. The zero-order valence-corrected chi connectivity index (χ0v) is 18.7. The second-order valence-corrected chi connectivity index (χ2v) is 8.13. The maximum Gasteiger partial charge on any atom is 0.286 e. The van der Waals surface area contributed by atoms with Crippen LogP contribution in [0.3, 0.4) is 0 Å². The molecule has 1 aromatic heterocycles. The van der Waals surface area contributed by atoms with Crippen molar-refractivity contribution in [1.29, 1.82) is 0 Å². The maximum absolute atomic E-state index is 13.0. The third-order valence-electron chi connectivity index (χ3n) is 5.27. The molecule has 1 unspecified atom stereocenters. The van der Waals surface area contributed by atoms with Crippen molar-refractivity contribution in [2.45, 2.75) is 70.1 Å². The minimum absolute atomic E-state index is 0. The zero-order chi connectivity index (χ0) is 19.6. The Labute approximate surface area is 178 Å². The highest BCUT2D eigenvalue weighted by molar-refractivity contribution is 7.99. The van der Waals surface area contributed by atoms with E-state index in [-0.39, 0.29) is 41.8 Å². The molecular formula is C19H33ClN4O3S. The Kier molecular flexibility index (Phi) is 11.7. The lowest BCUT2D eigenvalue weighted by Gasteiger charge is -2.27. The van der Waals surface area contributed by atoms with E-state index in [4.69, 9.17) is 4.42 Å². The average molecular weight is 433 g/mol. The molecule has 1 heterocycles. The van der Waals surface area contributed by atoms with Crippen molar-refractivity contribution in [1.82, 2.24) is 20.8 Å². The van der Waals surface area contributed by atoms with Gasteiger partial charge in [-0.3, -0.25) is 9.59 Å². The summed E-state index contributed by atoms with van der Waals surface area (Å²) in [6.07, 6.45) is 6.77. The van der Waals surface area contributed by atoms with Gasteiger partial charge < -0.3 is 15.1 Å². The van der Waals surface area contributed by atoms with Crippen molar-refractivity contribution in [3.05, 3.63) is 5.89 Å². The van der Waals surface area contributed by atoms with Crippen LogP contribution >= 0.6 is 24.2 Å². The molecule has 28 heavy (non-hydrogen) atoms. The van der Waals surface area contributed by atoms with Gasteiger partial charge >= 0.3 is 0 Å². The fraction of sp³-hybridized carbons (Fsp3) is 0.789. The Morgan fingerprint density at radius 2 is 1.86 bits per heavy atom. The second-order valence-electron chi connectivity index (χ2n) is 7.09. The summed E-state index contributed by atoms with van der Waals surface area (Å²) >= 11 is 1.41. The number of nitrogens with one attached hydrogen (secondary N) is 2. The first kappa shape index (κ1) is 24.9. The van der Waals surface area contributed by atoms with Crippen molar-refractivity contribution < 1.29 is 14.0 Å². The fourth-order valence-electron chi connectivity index (χ4n) is 3.53. The summed E-state index contributed by atoms with van der Waals surface area (Å²) in [5, 5.41) is 14.3. The molecule has 1 saturated carbocycles. The molecule has 7 nitrogen and oxygen atoms in total. The number of Topliss-reactive ketones (excluding diaryl/α,β-unsaturated/α-hetero) is 1. The number of halogens is 1. The van der Waals surface area contributed by atoms with Crippen molar-refractivity contribution >= 4 is 35.9 Å². The molecule has 1 aromatic rings. The Balaban J connectivity index is 0.00000392. The molecule has 0 bridgehead atoms. The van der Waals surface area contributed by atoms with Gasteiger partial charge in [0.2, 0.25) is 11.7 Å². The predicted molar refractivity (Wildman–Crippen MR) is 113 cm³/mol. The van der Waals surface area contributed by atoms with Crippen LogP contribution in [0.25, 0.3) is 0 Å². The Morgan fingerprint density at radius 1 is 1.18 bits per heavy atom. The third-order valence-corrected chi connectivity index (χ3v) is 6.09. The van der Waals surface area contributed by atoms with E-state index in [1.165, 1.54) is 18.2 Å². The first-order valence-corrected chi connectivity index (χ1v) is 11.0. The minimum Gasteiger partial charge on any atom is -0.408 e. The van der Waals surface area contributed by atoms with E-state index in [0.29, 0.717) is 5.22 Å². The largest absolute Gasteiger partial charge is 0.408 e. The lowest BCUT2D eigenvalue weighted by Crippen LogP contribution is -2.48. The van der Waals surface area contributed by atoms with E-state index in [1.54, 1.807) is 0 Å². The van der Waals surface area contributed by atoms with E-state index < -0.39 is 6.04 Å². The summed E-state index contributed by atoms with van der Waals surface area (Å²) in [6, 6.07) is -0.606. The van der Waals surface area contributed by atoms with Crippen LogP contribution in [0.5, 0.6) is 0 Å². The van der Waals surface area contributed by atoms with Crippen molar-refractivity contribution in [3.8, 4) is 0 Å². The van der Waals surface area contributed by atoms with E-state index in [2.05, 4.69) is 20.8 Å². The molecule has 1 amide bonds. The molecular weight excluding hydrogens is 400 g/mol. The summed E-state index contributed by atoms with van der Waals surface area (Å²) < 4.78 is 5.55. The van der Waals surface area contributed by atoms with Crippen LogP contribution in [0.15, 0.2) is 9.64 Å². The molecule has 160 valence electrons. The topological polar surface area (TPSA) is 97.1 Å². The molecule has 0 spiro atoms. The van der Waals surface area contributed by atoms with Crippen LogP contribution in [-0.2, 0) is 4.79 Å². The standard InChI is InChI=1S/C19H32N4O3S.ClH/c1-4-13(5-2)15(21-17(25)14-9-7-6-8-10-14)16(24)18-22-23-19(26-18)27-12-11-20-3;/h13-15,20H,4-12H2,1-3H3,(H,21,25);1H. The van der Waals surface area contributed by atoms with Crippen molar-refractivity contribution in [2.24, 2.45) is 11.8 Å². The molecule has 0 aromatic carbocycles. The summed E-state index contributed by atoms with van der Waals surface area (Å²) in [5.74, 6) is 0.545. The fourth-order valence-corrected chi connectivity index (χ4v) is 4.25. The van der Waals surface area contributed by atoms with Gasteiger partial charge in [-0.15, -0.1) is 22.6 Å². The predicted octanol–water partition coefficient (Wildman–Crippen LogP) is 3.49. The van der Waals surface area contributed by atoms with Crippen LogP contribution in [0.1, 0.15) is 69.5 Å². The van der Waals surface area contributed by atoms with Gasteiger partial charge in [0.1, 0.15) is 6.04 Å². The normalized spacial score (nSPS) is 15.9. The molecule has 1 aliphatic rings.